The van der Waals surface area contributed by atoms with Crippen LogP contribution in [0.1, 0.15) is 26.7 Å². The van der Waals surface area contributed by atoms with E-state index in [1.54, 1.807) is 0 Å². The van der Waals surface area contributed by atoms with Crippen molar-refractivity contribution in [3.8, 4) is 0 Å². The molecule has 5 N–H and O–H groups in total. The smallest absolute Gasteiger partial charge is 0.312 e. The minimum atomic E-state index is -1.01. The molecule has 7 nitrogen and oxygen atoms in total. The van der Waals surface area contributed by atoms with Gasteiger partial charge in [-0.1, -0.05) is 20.3 Å². The highest BCUT2D eigenvalue weighted by Crippen LogP contribution is 2.17. The van der Waals surface area contributed by atoms with Gasteiger partial charge in [-0.3, -0.25) is 4.79 Å². The van der Waals surface area contributed by atoms with Crippen LogP contribution in [0.5, 0.6) is 0 Å². The molecular weight excluding hydrogens is 250 g/mol. The molecule has 0 aromatic carbocycles. The van der Waals surface area contributed by atoms with Gasteiger partial charge < -0.3 is 26.2 Å². The van der Waals surface area contributed by atoms with E-state index in [1.807, 2.05) is 13.8 Å². The maximum Gasteiger partial charge on any atom is 0.312 e. The lowest BCUT2D eigenvalue weighted by Crippen LogP contribution is -2.54. The number of rotatable bonds is 6. The molecule has 0 saturated carbocycles. The molecule has 0 spiro atoms. The first kappa shape index (κ1) is 15.7. The third kappa shape index (κ3) is 4.68. The summed E-state index contributed by atoms with van der Waals surface area (Å²) in [6.07, 6.45) is 1.22. The molecule has 1 aliphatic rings. The average molecular weight is 273 g/mol. The molecule has 110 valence electrons. The molecule has 3 atom stereocenters. The van der Waals surface area contributed by atoms with Gasteiger partial charge in [0.2, 0.25) is 5.91 Å². The van der Waals surface area contributed by atoms with Crippen LogP contribution in [0.4, 0.5) is 4.79 Å². The third-order valence-corrected chi connectivity index (χ3v) is 3.47. The van der Waals surface area contributed by atoms with Gasteiger partial charge in [0.15, 0.2) is 0 Å². The first-order valence-electron chi connectivity index (χ1n) is 6.52. The molecule has 1 saturated heterocycles. The molecular formula is C12H23N3O4. The maximum absolute atomic E-state index is 12.0. The van der Waals surface area contributed by atoms with Crippen LogP contribution < -0.4 is 16.4 Å². The van der Waals surface area contributed by atoms with E-state index in [0.717, 1.165) is 6.42 Å². The Balaban J connectivity index is 2.53. The summed E-state index contributed by atoms with van der Waals surface area (Å²) in [5, 5.41) is 15.1. The SMILES string of the molecule is CCC(C)C(NC(N)=O)C(=O)NCC1(O)CCOC1. The summed E-state index contributed by atoms with van der Waals surface area (Å²) in [6, 6.07) is -1.42. The summed E-state index contributed by atoms with van der Waals surface area (Å²) >= 11 is 0. The number of carbonyl (C=O) groups is 2. The first-order valence-corrected chi connectivity index (χ1v) is 6.52. The second-order valence-corrected chi connectivity index (χ2v) is 5.12. The van der Waals surface area contributed by atoms with Crippen LogP contribution in [0, 0.1) is 5.92 Å². The molecule has 0 aliphatic carbocycles. The molecule has 3 unspecified atom stereocenters. The van der Waals surface area contributed by atoms with Crippen molar-refractivity contribution in [1.82, 2.24) is 10.6 Å². The predicted octanol–water partition coefficient (Wildman–Crippen LogP) is -0.663. The van der Waals surface area contributed by atoms with Gasteiger partial charge in [-0.2, -0.15) is 0 Å². The zero-order valence-corrected chi connectivity index (χ0v) is 11.4. The molecule has 3 amide bonds. The van der Waals surface area contributed by atoms with E-state index < -0.39 is 17.7 Å². The van der Waals surface area contributed by atoms with Gasteiger partial charge in [-0.05, 0) is 5.92 Å². The van der Waals surface area contributed by atoms with Crippen LogP contribution in [0.2, 0.25) is 0 Å². The Bertz CT molecular complexity index is 329. The van der Waals surface area contributed by atoms with Crippen LogP contribution in [-0.4, -0.2) is 48.4 Å². The number of ether oxygens (including phenoxy) is 1. The van der Waals surface area contributed by atoms with Gasteiger partial charge in [0.25, 0.3) is 0 Å². The fraction of sp³-hybridized carbons (Fsp3) is 0.833. The number of nitrogens with two attached hydrogens (primary N) is 1. The quantitative estimate of drug-likeness (QED) is 0.514. The molecule has 1 heterocycles. The van der Waals surface area contributed by atoms with Gasteiger partial charge in [0.05, 0.1) is 6.61 Å². The zero-order valence-electron chi connectivity index (χ0n) is 11.4. The van der Waals surface area contributed by atoms with Crippen molar-refractivity contribution < 1.29 is 19.4 Å². The van der Waals surface area contributed by atoms with E-state index in [0.29, 0.717) is 13.0 Å². The number of hydrogen-bond donors (Lipinski definition) is 4. The highest BCUT2D eigenvalue weighted by molar-refractivity contribution is 5.86. The third-order valence-electron chi connectivity index (χ3n) is 3.47. The highest BCUT2D eigenvalue weighted by atomic mass is 16.5. The molecule has 1 aliphatic heterocycles. The van der Waals surface area contributed by atoms with Crippen molar-refractivity contribution in [2.45, 2.75) is 38.3 Å². The van der Waals surface area contributed by atoms with Gasteiger partial charge in [-0.15, -0.1) is 0 Å². The van der Waals surface area contributed by atoms with E-state index in [4.69, 9.17) is 10.5 Å². The van der Waals surface area contributed by atoms with Crippen molar-refractivity contribution in [3.05, 3.63) is 0 Å². The van der Waals surface area contributed by atoms with Crippen LogP contribution in [0.25, 0.3) is 0 Å². The van der Waals surface area contributed by atoms with E-state index in [1.165, 1.54) is 0 Å². The monoisotopic (exact) mass is 273 g/mol. The Morgan fingerprint density at radius 1 is 1.53 bits per heavy atom. The summed E-state index contributed by atoms with van der Waals surface area (Å²) in [7, 11) is 0. The Kier molecular flexibility index (Phi) is 5.56. The molecule has 0 aromatic heterocycles. The fourth-order valence-corrected chi connectivity index (χ4v) is 1.95. The lowest BCUT2D eigenvalue weighted by molar-refractivity contribution is -0.125. The fourth-order valence-electron chi connectivity index (χ4n) is 1.95. The normalized spacial score (nSPS) is 25.6. The number of aliphatic hydroxyl groups is 1. The molecule has 1 fully saturated rings. The number of primary amides is 1. The number of urea groups is 1. The number of amides is 3. The lowest BCUT2D eigenvalue weighted by Gasteiger charge is -2.26. The van der Waals surface area contributed by atoms with Crippen molar-refractivity contribution >= 4 is 11.9 Å². The minimum absolute atomic E-state index is 0.0398. The number of hydrogen-bond acceptors (Lipinski definition) is 4. The minimum Gasteiger partial charge on any atom is -0.386 e. The van der Waals surface area contributed by atoms with Crippen LogP contribution >= 0.6 is 0 Å². The highest BCUT2D eigenvalue weighted by Gasteiger charge is 2.34. The zero-order chi connectivity index (χ0) is 14.5. The van der Waals surface area contributed by atoms with E-state index >= 15 is 0 Å². The molecule has 1 rings (SSSR count). The molecule has 0 bridgehead atoms. The predicted molar refractivity (Wildman–Crippen MR) is 69.4 cm³/mol. The second-order valence-electron chi connectivity index (χ2n) is 5.12. The largest absolute Gasteiger partial charge is 0.386 e. The number of nitrogens with one attached hydrogen (secondary N) is 2. The first-order chi connectivity index (χ1) is 8.88. The Hall–Kier alpha value is -1.34. The van der Waals surface area contributed by atoms with Crippen LogP contribution in [0.15, 0.2) is 0 Å². The molecule has 7 heteroatoms. The summed E-state index contributed by atoms with van der Waals surface area (Å²) < 4.78 is 5.10. The van der Waals surface area contributed by atoms with Gasteiger partial charge >= 0.3 is 6.03 Å². The number of carbonyl (C=O) groups excluding carboxylic acids is 2. The summed E-state index contributed by atoms with van der Waals surface area (Å²) in [5.74, 6) is -0.379. The second kappa shape index (κ2) is 6.72. The van der Waals surface area contributed by atoms with Gasteiger partial charge in [-0.25, -0.2) is 4.79 Å². The lowest BCUT2D eigenvalue weighted by atomic mass is 9.97. The van der Waals surface area contributed by atoms with Crippen molar-refractivity contribution in [1.29, 1.82) is 0 Å². The Morgan fingerprint density at radius 2 is 2.21 bits per heavy atom. The van der Waals surface area contributed by atoms with Crippen LogP contribution in [-0.2, 0) is 9.53 Å². The van der Waals surface area contributed by atoms with E-state index in [2.05, 4.69) is 10.6 Å². The van der Waals surface area contributed by atoms with Gasteiger partial charge in [0, 0.05) is 19.6 Å². The summed E-state index contributed by atoms with van der Waals surface area (Å²) in [6.45, 7) is 4.59. The Labute approximate surface area is 112 Å². The van der Waals surface area contributed by atoms with E-state index in [9.17, 15) is 14.7 Å². The summed E-state index contributed by atoms with van der Waals surface area (Å²) in [5.41, 5.74) is 4.06. The Morgan fingerprint density at radius 3 is 2.68 bits per heavy atom. The molecule has 0 radical (unpaired) electrons. The molecule has 19 heavy (non-hydrogen) atoms. The topological polar surface area (TPSA) is 114 Å². The van der Waals surface area contributed by atoms with Crippen molar-refractivity contribution in [2.75, 3.05) is 19.8 Å². The van der Waals surface area contributed by atoms with Gasteiger partial charge in [0.1, 0.15) is 11.6 Å². The van der Waals surface area contributed by atoms with E-state index in [-0.39, 0.29) is 25.0 Å². The van der Waals surface area contributed by atoms with Crippen molar-refractivity contribution in [3.63, 3.8) is 0 Å². The molecule has 0 aromatic rings. The maximum atomic E-state index is 12.0. The van der Waals surface area contributed by atoms with Crippen LogP contribution in [0.3, 0.4) is 0 Å². The average Bonchev–Trinajstić information content (AvgIpc) is 2.79. The summed E-state index contributed by atoms with van der Waals surface area (Å²) in [4.78, 5) is 23.0. The van der Waals surface area contributed by atoms with Crippen molar-refractivity contribution in [2.24, 2.45) is 11.7 Å². The standard InChI is InChI=1S/C12H23N3O4/c1-3-8(2)9(15-11(13)17)10(16)14-6-12(18)4-5-19-7-12/h8-9,18H,3-7H2,1-2H3,(H,14,16)(H3,13,15,17).